The van der Waals surface area contributed by atoms with Crippen LogP contribution in [-0.4, -0.2) is 49.1 Å². The number of carbonyl (C=O) groups excluding carboxylic acids is 1. The molecule has 108 valence electrons. The Morgan fingerprint density at radius 3 is 2.84 bits per heavy atom. The lowest BCUT2D eigenvalue weighted by atomic mass is 10.1. The molecule has 19 heavy (non-hydrogen) atoms. The molecule has 1 saturated heterocycles. The Morgan fingerprint density at radius 2 is 2.26 bits per heavy atom. The molecule has 0 bridgehead atoms. The molecule has 0 aromatic carbocycles. The van der Waals surface area contributed by atoms with E-state index in [-0.39, 0.29) is 12.3 Å². The fourth-order valence-corrected chi connectivity index (χ4v) is 2.77. The molecule has 5 heteroatoms. The lowest BCUT2D eigenvalue weighted by Gasteiger charge is -2.41. The maximum atomic E-state index is 11.9. The van der Waals surface area contributed by atoms with E-state index in [1.807, 2.05) is 6.92 Å². The predicted molar refractivity (Wildman–Crippen MR) is 72.4 cm³/mol. The van der Waals surface area contributed by atoms with Gasteiger partial charge in [0.15, 0.2) is 0 Å². The maximum absolute atomic E-state index is 11.9. The summed E-state index contributed by atoms with van der Waals surface area (Å²) in [6.07, 6.45) is 4.18. The Kier molecular flexibility index (Phi) is 4.82. The minimum atomic E-state index is -0.288. The van der Waals surface area contributed by atoms with E-state index in [0.717, 1.165) is 38.1 Å². The van der Waals surface area contributed by atoms with Crippen LogP contribution in [-0.2, 0) is 9.47 Å². The number of nitrogens with zero attached hydrogens (tertiary/aromatic N) is 2. The monoisotopic (exact) mass is 268 g/mol. The van der Waals surface area contributed by atoms with E-state index in [1.165, 1.54) is 19.1 Å². The third kappa shape index (κ3) is 3.09. The zero-order valence-corrected chi connectivity index (χ0v) is 12.1. The van der Waals surface area contributed by atoms with Gasteiger partial charge in [-0.1, -0.05) is 6.92 Å². The Hall–Kier alpha value is -1.07. The molecule has 0 aromatic heterocycles. The number of hydrogen-bond acceptors (Lipinski definition) is 4. The largest absolute Gasteiger partial charge is 0.452 e. The molecule has 1 amide bonds. The molecule has 5 nitrogen and oxygen atoms in total. The van der Waals surface area contributed by atoms with Crippen molar-refractivity contribution in [2.24, 2.45) is 0 Å². The summed E-state index contributed by atoms with van der Waals surface area (Å²) in [5.74, 6) is 0. The second-order valence-electron chi connectivity index (χ2n) is 5.15. The summed E-state index contributed by atoms with van der Waals surface area (Å²) in [5.41, 5.74) is 2.31. The molecule has 0 saturated carbocycles. The Morgan fingerprint density at radius 1 is 1.47 bits per heavy atom. The normalized spacial score (nSPS) is 25.6. The number of hydrogen-bond donors (Lipinski definition) is 0. The van der Waals surface area contributed by atoms with Gasteiger partial charge in [-0.25, -0.2) is 4.79 Å². The van der Waals surface area contributed by atoms with E-state index >= 15 is 0 Å². The lowest BCUT2D eigenvalue weighted by molar-refractivity contribution is -0.0983. The van der Waals surface area contributed by atoms with Gasteiger partial charge in [0.25, 0.3) is 0 Å². The fourth-order valence-electron chi connectivity index (χ4n) is 2.77. The van der Waals surface area contributed by atoms with Crippen LogP contribution in [0.1, 0.15) is 39.5 Å². The molecule has 0 aromatic rings. The number of ether oxygens (including phenoxy) is 2. The van der Waals surface area contributed by atoms with Crippen LogP contribution in [0.25, 0.3) is 0 Å². The van der Waals surface area contributed by atoms with Crippen molar-refractivity contribution in [3.63, 3.8) is 0 Å². The molecular formula is C14H24N2O3. The molecule has 2 rings (SSSR count). The molecule has 1 unspecified atom stereocenters. The predicted octanol–water partition coefficient (Wildman–Crippen LogP) is 2.54. The summed E-state index contributed by atoms with van der Waals surface area (Å²) in [4.78, 5) is 15.8. The molecular weight excluding hydrogens is 244 g/mol. The van der Waals surface area contributed by atoms with Crippen molar-refractivity contribution in [3.05, 3.63) is 11.3 Å². The van der Waals surface area contributed by atoms with Crippen molar-refractivity contribution >= 4 is 6.09 Å². The standard InChI is InChI=1S/C14H24N2O3/c1-4-12-9-15(13-7-5-6-8-19-13)10-16(11(12)2)14(17)18-3/h13H,4-10H2,1-3H3. The summed E-state index contributed by atoms with van der Waals surface area (Å²) in [5, 5.41) is 0. The molecule has 0 spiro atoms. The van der Waals surface area contributed by atoms with Crippen LogP contribution in [0.15, 0.2) is 11.3 Å². The van der Waals surface area contributed by atoms with E-state index in [0.29, 0.717) is 6.67 Å². The van der Waals surface area contributed by atoms with Crippen LogP contribution in [0.2, 0.25) is 0 Å². The zero-order valence-electron chi connectivity index (χ0n) is 12.1. The summed E-state index contributed by atoms with van der Waals surface area (Å²) in [6, 6.07) is 0. The van der Waals surface area contributed by atoms with Crippen molar-refractivity contribution in [1.82, 2.24) is 9.80 Å². The average molecular weight is 268 g/mol. The Labute approximate surface area is 115 Å². The topological polar surface area (TPSA) is 42.0 Å². The van der Waals surface area contributed by atoms with Crippen LogP contribution in [0.4, 0.5) is 4.79 Å². The quantitative estimate of drug-likeness (QED) is 0.772. The number of carbonyl (C=O) groups is 1. The molecule has 0 aliphatic carbocycles. The number of rotatable bonds is 2. The second-order valence-corrected chi connectivity index (χ2v) is 5.15. The Balaban J connectivity index is 2.14. The first-order chi connectivity index (χ1) is 9.17. The van der Waals surface area contributed by atoms with Crippen molar-refractivity contribution in [1.29, 1.82) is 0 Å². The maximum Gasteiger partial charge on any atom is 0.414 e. The highest BCUT2D eigenvalue weighted by atomic mass is 16.5. The van der Waals surface area contributed by atoms with Crippen molar-refractivity contribution in [2.45, 2.75) is 45.8 Å². The number of amides is 1. The molecule has 2 heterocycles. The molecule has 2 aliphatic heterocycles. The van der Waals surface area contributed by atoms with Crippen LogP contribution in [0.3, 0.4) is 0 Å². The van der Waals surface area contributed by atoms with Crippen LogP contribution in [0.5, 0.6) is 0 Å². The summed E-state index contributed by atoms with van der Waals surface area (Å²) < 4.78 is 10.7. The van der Waals surface area contributed by atoms with Crippen molar-refractivity contribution in [3.8, 4) is 0 Å². The molecule has 2 aliphatic rings. The van der Waals surface area contributed by atoms with Gasteiger partial charge in [0.05, 0.1) is 13.8 Å². The zero-order chi connectivity index (χ0) is 13.8. The third-order valence-electron chi connectivity index (χ3n) is 4.02. The van der Waals surface area contributed by atoms with Crippen LogP contribution < -0.4 is 0 Å². The van der Waals surface area contributed by atoms with Crippen LogP contribution in [0, 0.1) is 0 Å². The number of methoxy groups -OCH3 is 1. The minimum Gasteiger partial charge on any atom is -0.452 e. The van der Waals surface area contributed by atoms with Gasteiger partial charge in [0, 0.05) is 18.8 Å². The van der Waals surface area contributed by atoms with Gasteiger partial charge in [-0.05, 0) is 38.2 Å². The summed E-state index contributed by atoms with van der Waals surface area (Å²) >= 11 is 0. The van der Waals surface area contributed by atoms with E-state index < -0.39 is 0 Å². The first-order valence-corrected chi connectivity index (χ1v) is 7.07. The van der Waals surface area contributed by atoms with E-state index in [4.69, 9.17) is 9.47 Å². The lowest BCUT2D eigenvalue weighted by Crippen LogP contribution is -2.51. The van der Waals surface area contributed by atoms with E-state index in [1.54, 1.807) is 4.90 Å². The van der Waals surface area contributed by atoms with Crippen molar-refractivity contribution < 1.29 is 14.3 Å². The van der Waals surface area contributed by atoms with E-state index in [9.17, 15) is 4.79 Å². The highest BCUT2D eigenvalue weighted by Crippen LogP contribution is 2.26. The summed E-state index contributed by atoms with van der Waals surface area (Å²) in [7, 11) is 1.43. The molecule has 1 atom stereocenters. The third-order valence-corrected chi connectivity index (χ3v) is 4.02. The first kappa shape index (κ1) is 14.3. The smallest absolute Gasteiger partial charge is 0.414 e. The highest BCUT2D eigenvalue weighted by Gasteiger charge is 2.31. The van der Waals surface area contributed by atoms with Gasteiger partial charge in [0.2, 0.25) is 0 Å². The van der Waals surface area contributed by atoms with E-state index in [2.05, 4.69) is 11.8 Å². The fraction of sp³-hybridized carbons (Fsp3) is 0.786. The summed E-state index contributed by atoms with van der Waals surface area (Å²) in [6.45, 7) is 6.39. The van der Waals surface area contributed by atoms with Gasteiger partial charge >= 0.3 is 6.09 Å². The second kappa shape index (κ2) is 6.39. The van der Waals surface area contributed by atoms with Gasteiger partial charge in [0.1, 0.15) is 6.23 Å². The number of allylic oxidation sites excluding steroid dienone is 1. The molecule has 0 N–H and O–H groups in total. The van der Waals surface area contributed by atoms with Gasteiger partial charge in [-0.2, -0.15) is 0 Å². The van der Waals surface area contributed by atoms with Gasteiger partial charge in [-0.15, -0.1) is 0 Å². The van der Waals surface area contributed by atoms with Gasteiger partial charge in [-0.3, -0.25) is 9.80 Å². The van der Waals surface area contributed by atoms with Crippen LogP contribution >= 0.6 is 0 Å². The first-order valence-electron chi connectivity index (χ1n) is 7.07. The molecule has 0 radical (unpaired) electrons. The van der Waals surface area contributed by atoms with Gasteiger partial charge < -0.3 is 9.47 Å². The SMILES string of the molecule is CCC1=C(C)N(C(=O)OC)CN(C2CCCCO2)C1. The molecule has 1 fully saturated rings. The highest BCUT2D eigenvalue weighted by molar-refractivity contribution is 5.70. The average Bonchev–Trinajstić information content (AvgIpc) is 2.47. The van der Waals surface area contributed by atoms with Crippen molar-refractivity contribution in [2.75, 3.05) is 26.9 Å². The Bertz CT molecular complexity index is 362. The minimum absolute atomic E-state index is 0.135.